The molecule has 0 aromatic heterocycles. The maximum absolute atomic E-state index is 13.0. The number of benzene rings is 2. The van der Waals surface area contributed by atoms with Crippen LogP contribution in [-0.4, -0.2) is 41.6 Å². The number of halogens is 1. The first-order valence-corrected chi connectivity index (χ1v) is 9.38. The predicted octanol–water partition coefficient (Wildman–Crippen LogP) is 4.37. The molecule has 1 fully saturated rings. The minimum atomic E-state index is 0.00811. The van der Waals surface area contributed by atoms with Crippen molar-refractivity contribution < 1.29 is 4.79 Å². The van der Waals surface area contributed by atoms with Crippen molar-refractivity contribution in [3.05, 3.63) is 77.3 Å². The van der Waals surface area contributed by atoms with E-state index in [0.717, 1.165) is 31.7 Å². The van der Waals surface area contributed by atoms with Gasteiger partial charge in [0.2, 0.25) is 0 Å². The highest BCUT2D eigenvalue weighted by Crippen LogP contribution is 2.26. The van der Waals surface area contributed by atoms with Gasteiger partial charge in [0.15, 0.2) is 0 Å². The van der Waals surface area contributed by atoms with Crippen molar-refractivity contribution >= 4 is 23.3 Å². The second-order valence-corrected chi connectivity index (χ2v) is 7.13. The highest BCUT2D eigenvalue weighted by atomic mass is 35.5. The van der Waals surface area contributed by atoms with E-state index in [-0.39, 0.29) is 12.2 Å². The molecule has 2 aliphatic rings. The third kappa shape index (κ3) is 3.48. The van der Waals surface area contributed by atoms with E-state index in [2.05, 4.69) is 41.3 Å². The first-order chi connectivity index (χ1) is 12.7. The van der Waals surface area contributed by atoms with E-state index < -0.39 is 0 Å². The van der Waals surface area contributed by atoms with Crippen LogP contribution < -0.4 is 4.90 Å². The topological polar surface area (TPSA) is 26.8 Å². The molecule has 26 heavy (non-hydrogen) atoms. The molecule has 0 spiro atoms. The zero-order valence-corrected chi connectivity index (χ0v) is 15.3. The maximum Gasteiger partial charge on any atom is 0.326 e. The SMILES string of the molecule is O=C1N(c2ccc(Cl)cc2)CCN1C1C=CCCN1Cc1ccccc1. The number of carbonyl (C=O) groups is 1. The lowest BCUT2D eigenvalue weighted by Gasteiger charge is -2.37. The number of carbonyl (C=O) groups excluding carboxylic acids is 1. The standard InChI is InChI=1S/C21H22ClN3O/c22-18-9-11-19(12-10-18)24-14-15-25(21(24)26)20-8-4-5-13-23(20)16-17-6-2-1-3-7-17/h1-4,6-12,20H,5,13-16H2. The van der Waals surface area contributed by atoms with E-state index in [0.29, 0.717) is 11.6 Å². The number of nitrogens with zero attached hydrogens (tertiary/aromatic N) is 3. The summed E-state index contributed by atoms with van der Waals surface area (Å²) in [7, 11) is 0. The first-order valence-electron chi connectivity index (χ1n) is 9.01. The van der Waals surface area contributed by atoms with Crippen LogP contribution in [0.2, 0.25) is 5.02 Å². The highest BCUT2D eigenvalue weighted by molar-refractivity contribution is 6.30. The lowest BCUT2D eigenvalue weighted by Crippen LogP contribution is -2.50. The summed E-state index contributed by atoms with van der Waals surface area (Å²) in [5.74, 6) is 0. The number of hydrogen-bond acceptors (Lipinski definition) is 2. The Morgan fingerprint density at radius 2 is 1.73 bits per heavy atom. The Kier molecular flexibility index (Phi) is 4.96. The third-order valence-corrected chi connectivity index (χ3v) is 5.24. The van der Waals surface area contributed by atoms with Crippen LogP contribution in [0, 0.1) is 0 Å². The van der Waals surface area contributed by atoms with Gasteiger partial charge in [0.1, 0.15) is 6.17 Å². The minimum absolute atomic E-state index is 0.00811. The van der Waals surface area contributed by atoms with Crippen molar-refractivity contribution in [2.45, 2.75) is 19.1 Å². The molecule has 2 aliphatic heterocycles. The van der Waals surface area contributed by atoms with Gasteiger partial charge in [0.05, 0.1) is 0 Å². The molecule has 0 N–H and O–H groups in total. The van der Waals surface area contributed by atoms with Crippen LogP contribution >= 0.6 is 11.6 Å². The summed E-state index contributed by atoms with van der Waals surface area (Å²) in [5.41, 5.74) is 2.17. The molecule has 0 bridgehead atoms. The largest absolute Gasteiger partial charge is 0.326 e. The fourth-order valence-electron chi connectivity index (χ4n) is 3.66. The van der Waals surface area contributed by atoms with Gasteiger partial charge in [0, 0.05) is 36.9 Å². The fourth-order valence-corrected chi connectivity index (χ4v) is 3.79. The van der Waals surface area contributed by atoms with Gasteiger partial charge >= 0.3 is 6.03 Å². The fraction of sp³-hybridized carbons (Fsp3) is 0.286. The van der Waals surface area contributed by atoms with Crippen LogP contribution in [0.5, 0.6) is 0 Å². The Bertz CT molecular complexity index is 791. The zero-order valence-electron chi connectivity index (χ0n) is 14.6. The monoisotopic (exact) mass is 367 g/mol. The molecule has 134 valence electrons. The van der Waals surface area contributed by atoms with Gasteiger partial charge in [0.25, 0.3) is 0 Å². The van der Waals surface area contributed by atoms with E-state index in [1.165, 1.54) is 5.56 Å². The summed E-state index contributed by atoms with van der Waals surface area (Å²) in [6.07, 6.45) is 5.38. The lowest BCUT2D eigenvalue weighted by atomic mass is 10.1. The smallest absolute Gasteiger partial charge is 0.303 e. The van der Waals surface area contributed by atoms with Gasteiger partial charge in [-0.3, -0.25) is 9.80 Å². The van der Waals surface area contributed by atoms with Crippen LogP contribution in [-0.2, 0) is 6.54 Å². The molecule has 0 aliphatic carbocycles. The molecule has 2 heterocycles. The summed E-state index contributed by atoms with van der Waals surface area (Å²) in [4.78, 5) is 19.2. The molecule has 1 unspecified atom stereocenters. The molecule has 4 rings (SSSR count). The first kappa shape index (κ1) is 17.1. The second-order valence-electron chi connectivity index (χ2n) is 6.69. The zero-order chi connectivity index (χ0) is 17.9. The lowest BCUT2D eigenvalue weighted by molar-refractivity contribution is 0.100. The van der Waals surface area contributed by atoms with Crippen LogP contribution in [0.1, 0.15) is 12.0 Å². The highest BCUT2D eigenvalue weighted by Gasteiger charge is 2.36. The molecule has 1 saturated heterocycles. The molecule has 2 aromatic carbocycles. The molecule has 0 radical (unpaired) electrons. The summed E-state index contributed by atoms with van der Waals surface area (Å²) in [5, 5.41) is 0.682. The van der Waals surface area contributed by atoms with Gasteiger partial charge in [-0.05, 0) is 36.2 Å². The Morgan fingerprint density at radius 1 is 0.962 bits per heavy atom. The summed E-state index contributed by atoms with van der Waals surface area (Å²) < 4.78 is 0. The Labute approximate surface area is 159 Å². The molecule has 2 aromatic rings. The van der Waals surface area contributed by atoms with E-state index in [9.17, 15) is 4.79 Å². The van der Waals surface area contributed by atoms with Crippen molar-refractivity contribution in [1.82, 2.24) is 9.80 Å². The number of rotatable bonds is 4. The Morgan fingerprint density at radius 3 is 2.50 bits per heavy atom. The van der Waals surface area contributed by atoms with E-state index >= 15 is 0 Å². The molecule has 5 heteroatoms. The number of urea groups is 1. The molecule has 0 saturated carbocycles. The average Bonchev–Trinajstić information content (AvgIpc) is 3.05. The summed E-state index contributed by atoms with van der Waals surface area (Å²) in [6, 6.07) is 18.0. The van der Waals surface area contributed by atoms with Crippen molar-refractivity contribution in [3.63, 3.8) is 0 Å². The van der Waals surface area contributed by atoms with E-state index in [4.69, 9.17) is 11.6 Å². The summed E-state index contributed by atoms with van der Waals surface area (Å²) in [6.45, 7) is 3.23. The average molecular weight is 368 g/mol. The maximum atomic E-state index is 13.0. The second kappa shape index (κ2) is 7.52. The normalized spacial score (nSPS) is 20.8. The van der Waals surface area contributed by atoms with Gasteiger partial charge < -0.3 is 4.90 Å². The van der Waals surface area contributed by atoms with E-state index in [1.807, 2.05) is 40.1 Å². The third-order valence-electron chi connectivity index (χ3n) is 4.99. The van der Waals surface area contributed by atoms with Crippen LogP contribution in [0.4, 0.5) is 10.5 Å². The molecule has 4 nitrogen and oxygen atoms in total. The number of amides is 2. The van der Waals surface area contributed by atoms with Crippen LogP contribution in [0.15, 0.2) is 66.7 Å². The van der Waals surface area contributed by atoms with Crippen LogP contribution in [0.25, 0.3) is 0 Å². The van der Waals surface area contributed by atoms with Crippen molar-refractivity contribution in [2.24, 2.45) is 0 Å². The Balaban J connectivity index is 1.51. The number of hydrogen-bond donors (Lipinski definition) is 0. The number of anilines is 1. The van der Waals surface area contributed by atoms with Gasteiger partial charge in [-0.1, -0.05) is 54.1 Å². The van der Waals surface area contributed by atoms with E-state index in [1.54, 1.807) is 0 Å². The van der Waals surface area contributed by atoms with Gasteiger partial charge in [-0.15, -0.1) is 0 Å². The van der Waals surface area contributed by atoms with Crippen molar-refractivity contribution in [2.75, 3.05) is 24.5 Å². The molecular weight excluding hydrogens is 346 g/mol. The van der Waals surface area contributed by atoms with Gasteiger partial charge in [-0.2, -0.15) is 0 Å². The molecule has 2 amide bonds. The van der Waals surface area contributed by atoms with Gasteiger partial charge in [-0.25, -0.2) is 4.79 Å². The predicted molar refractivity (Wildman–Crippen MR) is 105 cm³/mol. The van der Waals surface area contributed by atoms with Crippen molar-refractivity contribution in [1.29, 1.82) is 0 Å². The Hall–Kier alpha value is -2.30. The molecule has 1 atom stereocenters. The summed E-state index contributed by atoms with van der Waals surface area (Å²) >= 11 is 5.97. The van der Waals surface area contributed by atoms with Crippen molar-refractivity contribution in [3.8, 4) is 0 Å². The minimum Gasteiger partial charge on any atom is -0.303 e. The molecular formula is C21H22ClN3O. The quantitative estimate of drug-likeness (QED) is 0.750. The van der Waals surface area contributed by atoms with Crippen LogP contribution in [0.3, 0.4) is 0 Å².